The third-order valence-electron chi connectivity index (χ3n) is 3.94. The van der Waals surface area contributed by atoms with Gasteiger partial charge in [-0.2, -0.15) is 0 Å². The number of hydrogen-bond donors (Lipinski definition) is 1. The minimum absolute atomic E-state index is 0.0274. The molecule has 0 saturated heterocycles. The Balaban J connectivity index is 2.39. The fourth-order valence-corrected chi connectivity index (χ4v) is 3.22. The summed E-state index contributed by atoms with van der Waals surface area (Å²) in [6.07, 6.45) is 3.13. The first-order chi connectivity index (χ1) is 9.71. The molecule has 1 aliphatic carbocycles. The Bertz CT molecular complexity index is 651. The van der Waals surface area contributed by atoms with Crippen LogP contribution in [0.1, 0.15) is 29.6 Å². The molecule has 1 saturated carbocycles. The Labute approximate surface area is 125 Å². The molecule has 1 aromatic carbocycles. The van der Waals surface area contributed by atoms with Crippen molar-refractivity contribution in [3.05, 3.63) is 23.8 Å². The Morgan fingerprint density at radius 2 is 1.86 bits per heavy atom. The predicted octanol–water partition coefficient (Wildman–Crippen LogP) is 1.02. The smallest absolute Gasteiger partial charge is 0.253 e. The molecule has 6 nitrogen and oxygen atoms in total. The standard InChI is InChI=1S/C14H21N3O3S/c1-16(2)12-8-7-10(9-13(12)21(15,19)20)14(18)17(3)11-5-4-6-11/h7-9,11H,4-6H2,1-3H3,(H2,15,19,20). The maximum atomic E-state index is 12.4. The van der Waals surface area contributed by atoms with Crippen molar-refractivity contribution in [2.75, 3.05) is 26.0 Å². The molecule has 0 aliphatic heterocycles. The van der Waals surface area contributed by atoms with Crippen molar-refractivity contribution in [2.45, 2.75) is 30.2 Å². The quantitative estimate of drug-likeness (QED) is 0.900. The van der Waals surface area contributed by atoms with Crippen molar-refractivity contribution in [2.24, 2.45) is 5.14 Å². The second-order valence-corrected chi connectivity index (χ2v) is 7.15. The summed E-state index contributed by atoms with van der Waals surface area (Å²) in [6, 6.07) is 4.87. The zero-order valence-electron chi connectivity index (χ0n) is 12.5. The molecule has 0 radical (unpaired) electrons. The molecule has 2 rings (SSSR count). The van der Waals surface area contributed by atoms with Gasteiger partial charge in [-0.15, -0.1) is 0 Å². The predicted molar refractivity (Wildman–Crippen MR) is 81.9 cm³/mol. The fraction of sp³-hybridized carbons (Fsp3) is 0.500. The van der Waals surface area contributed by atoms with E-state index in [0.29, 0.717) is 11.3 Å². The van der Waals surface area contributed by atoms with Crippen molar-refractivity contribution in [1.82, 2.24) is 4.90 Å². The molecule has 0 unspecified atom stereocenters. The van der Waals surface area contributed by atoms with Gasteiger partial charge in [0.15, 0.2) is 0 Å². The maximum Gasteiger partial charge on any atom is 0.253 e. The summed E-state index contributed by atoms with van der Waals surface area (Å²) >= 11 is 0. The fourth-order valence-electron chi connectivity index (χ4n) is 2.39. The number of nitrogens with two attached hydrogens (primary N) is 1. The summed E-state index contributed by atoms with van der Waals surface area (Å²) in [5.74, 6) is -0.171. The molecule has 1 aliphatic rings. The van der Waals surface area contributed by atoms with E-state index in [1.807, 2.05) is 0 Å². The molecular formula is C14H21N3O3S. The normalized spacial score (nSPS) is 15.4. The summed E-state index contributed by atoms with van der Waals surface area (Å²) < 4.78 is 23.5. The highest BCUT2D eigenvalue weighted by molar-refractivity contribution is 7.89. The second kappa shape index (κ2) is 5.65. The average Bonchev–Trinajstić information content (AvgIpc) is 2.33. The zero-order valence-corrected chi connectivity index (χ0v) is 13.4. The summed E-state index contributed by atoms with van der Waals surface area (Å²) in [4.78, 5) is 15.7. The molecule has 0 aromatic heterocycles. The summed E-state index contributed by atoms with van der Waals surface area (Å²) in [5.41, 5.74) is 0.819. The number of carbonyl (C=O) groups excluding carboxylic acids is 1. The highest BCUT2D eigenvalue weighted by Crippen LogP contribution is 2.27. The lowest BCUT2D eigenvalue weighted by Crippen LogP contribution is -2.41. The Kier molecular flexibility index (Phi) is 4.25. The van der Waals surface area contributed by atoms with Crippen molar-refractivity contribution in [3.63, 3.8) is 0 Å². The van der Waals surface area contributed by atoms with Gasteiger partial charge in [-0.1, -0.05) is 0 Å². The lowest BCUT2D eigenvalue weighted by molar-refractivity contribution is 0.0652. The number of hydrogen-bond acceptors (Lipinski definition) is 4. The zero-order chi connectivity index (χ0) is 15.8. The van der Waals surface area contributed by atoms with E-state index in [9.17, 15) is 13.2 Å². The molecule has 7 heteroatoms. The molecule has 2 N–H and O–H groups in total. The van der Waals surface area contributed by atoms with Gasteiger partial charge in [0.25, 0.3) is 5.91 Å². The molecule has 0 heterocycles. The van der Waals surface area contributed by atoms with Crippen LogP contribution >= 0.6 is 0 Å². The second-order valence-electron chi connectivity index (χ2n) is 5.62. The number of anilines is 1. The Morgan fingerprint density at radius 1 is 1.24 bits per heavy atom. The van der Waals surface area contributed by atoms with E-state index in [-0.39, 0.29) is 16.8 Å². The third-order valence-corrected chi connectivity index (χ3v) is 4.88. The van der Waals surface area contributed by atoms with E-state index in [1.54, 1.807) is 43.1 Å². The lowest BCUT2D eigenvalue weighted by atomic mass is 9.91. The van der Waals surface area contributed by atoms with Crippen LogP contribution in [0.25, 0.3) is 0 Å². The molecule has 0 bridgehead atoms. The first-order valence-electron chi connectivity index (χ1n) is 6.83. The van der Waals surface area contributed by atoms with Crippen LogP contribution in [-0.4, -0.2) is 46.4 Å². The van der Waals surface area contributed by atoms with Gasteiger partial charge in [0.05, 0.1) is 5.69 Å². The lowest BCUT2D eigenvalue weighted by Gasteiger charge is -2.34. The van der Waals surface area contributed by atoms with Gasteiger partial charge in [-0.25, -0.2) is 13.6 Å². The molecule has 21 heavy (non-hydrogen) atoms. The van der Waals surface area contributed by atoms with Crippen LogP contribution in [0.3, 0.4) is 0 Å². The van der Waals surface area contributed by atoms with Gasteiger partial charge >= 0.3 is 0 Å². The van der Waals surface area contributed by atoms with Crippen molar-refractivity contribution < 1.29 is 13.2 Å². The van der Waals surface area contributed by atoms with Crippen molar-refractivity contribution in [1.29, 1.82) is 0 Å². The van der Waals surface area contributed by atoms with E-state index in [2.05, 4.69) is 0 Å². The van der Waals surface area contributed by atoms with Crippen LogP contribution in [0.4, 0.5) is 5.69 Å². The highest BCUT2D eigenvalue weighted by atomic mass is 32.2. The van der Waals surface area contributed by atoms with Gasteiger partial charge in [0.1, 0.15) is 4.90 Å². The van der Waals surface area contributed by atoms with E-state index in [4.69, 9.17) is 5.14 Å². The number of nitrogens with zero attached hydrogens (tertiary/aromatic N) is 2. The van der Waals surface area contributed by atoms with Crippen molar-refractivity contribution >= 4 is 21.6 Å². The Hall–Kier alpha value is -1.60. The number of amides is 1. The first kappa shape index (κ1) is 15.8. The molecular weight excluding hydrogens is 290 g/mol. The number of sulfonamides is 1. The maximum absolute atomic E-state index is 12.4. The average molecular weight is 311 g/mol. The number of primary sulfonamides is 1. The largest absolute Gasteiger partial charge is 0.377 e. The summed E-state index contributed by atoms with van der Waals surface area (Å²) in [5, 5.41) is 5.26. The van der Waals surface area contributed by atoms with Gasteiger partial charge in [-0.05, 0) is 37.5 Å². The van der Waals surface area contributed by atoms with E-state index < -0.39 is 10.0 Å². The van der Waals surface area contributed by atoms with Crippen LogP contribution < -0.4 is 10.0 Å². The highest BCUT2D eigenvalue weighted by Gasteiger charge is 2.27. The molecule has 116 valence electrons. The molecule has 0 spiro atoms. The minimum atomic E-state index is -3.88. The first-order valence-corrected chi connectivity index (χ1v) is 8.38. The Morgan fingerprint density at radius 3 is 2.29 bits per heavy atom. The van der Waals surface area contributed by atoms with Gasteiger partial charge < -0.3 is 9.80 Å². The molecule has 1 aromatic rings. The third kappa shape index (κ3) is 3.19. The number of benzene rings is 1. The van der Waals surface area contributed by atoms with Crippen LogP contribution in [0.5, 0.6) is 0 Å². The van der Waals surface area contributed by atoms with E-state index >= 15 is 0 Å². The monoisotopic (exact) mass is 311 g/mol. The van der Waals surface area contributed by atoms with Gasteiger partial charge in [-0.3, -0.25) is 4.79 Å². The summed E-state index contributed by atoms with van der Waals surface area (Å²) in [6.45, 7) is 0. The molecule has 1 amide bonds. The number of rotatable bonds is 4. The molecule has 0 atom stereocenters. The van der Waals surface area contributed by atoms with Crippen LogP contribution in [0.15, 0.2) is 23.1 Å². The van der Waals surface area contributed by atoms with Gasteiger partial charge in [0, 0.05) is 32.7 Å². The SMILES string of the molecule is CN(C)c1ccc(C(=O)N(C)C2CCC2)cc1S(N)(=O)=O. The number of carbonyl (C=O) groups is 1. The van der Waals surface area contributed by atoms with Crippen LogP contribution in [-0.2, 0) is 10.0 Å². The molecule has 1 fully saturated rings. The minimum Gasteiger partial charge on any atom is -0.377 e. The van der Waals surface area contributed by atoms with Crippen LogP contribution in [0.2, 0.25) is 0 Å². The topological polar surface area (TPSA) is 83.7 Å². The van der Waals surface area contributed by atoms with Gasteiger partial charge in [0.2, 0.25) is 10.0 Å². The van der Waals surface area contributed by atoms with Crippen molar-refractivity contribution in [3.8, 4) is 0 Å². The van der Waals surface area contributed by atoms with E-state index in [1.165, 1.54) is 6.07 Å². The van der Waals surface area contributed by atoms with E-state index in [0.717, 1.165) is 19.3 Å². The van der Waals surface area contributed by atoms with Crippen LogP contribution in [0, 0.1) is 0 Å². The summed E-state index contributed by atoms with van der Waals surface area (Å²) in [7, 11) is 1.32.